The summed E-state index contributed by atoms with van der Waals surface area (Å²) in [4.78, 5) is 2.25. The van der Waals surface area contributed by atoms with Crippen molar-refractivity contribution in [2.24, 2.45) is 5.41 Å². The molecule has 0 rings (SSSR count). The molecule has 0 amide bonds. The summed E-state index contributed by atoms with van der Waals surface area (Å²) in [6, 6.07) is 0. The van der Waals surface area contributed by atoms with Gasteiger partial charge in [0.25, 0.3) is 0 Å². The minimum atomic E-state index is 0.0704. The Morgan fingerprint density at radius 1 is 1.20 bits per heavy atom. The summed E-state index contributed by atoms with van der Waals surface area (Å²) < 4.78 is 5.32. The van der Waals surface area contributed by atoms with E-state index < -0.39 is 0 Å². The Bertz CT molecular complexity index is 138. The summed E-state index contributed by atoms with van der Waals surface area (Å²) in [6.07, 6.45) is 2.05. The normalized spacial score (nSPS) is 12.4. The highest BCUT2D eigenvalue weighted by Crippen LogP contribution is 2.26. The van der Waals surface area contributed by atoms with Gasteiger partial charge in [0.2, 0.25) is 0 Å². The minimum Gasteiger partial charge on any atom is -0.396 e. The van der Waals surface area contributed by atoms with Gasteiger partial charge in [0.1, 0.15) is 0 Å². The molecule has 92 valence electrons. The number of aliphatic hydroxyl groups excluding tert-OH is 1. The van der Waals surface area contributed by atoms with Crippen molar-refractivity contribution >= 4 is 0 Å². The van der Waals surface area contributed by atoms with Gasteiger partial charge in [0, 0.05) is 31.7 Å². The zero-order valence-electron chi connectivity index (χ0n) is 10.8. The minimum absolute atomic E-state index is 0.0704. The number of rotatable bonds is 9. The average molecular weight is 217 g/mol. The Hall–Kier alpha value is -0.120. The number of likely N-dealkylation sites (N-methyl/N-ethyl adjacent to an activating group) is 1. The van der Waals surface area contributed by atoms with Crippen LogP contribution in [0.3, 0.4) is 0 Å². The van der Waals surface area contributed by atoms with Gasteiger partial charge < -0.3 is 14.7 Å². The highest BCUT2D eigenvalue weighted by atomic mass is 16.5. The van der Waals surface area contributed by atoms with Crippen LogP contribution in [0.15, 0.2) is 0 Å². The number of ether oxygens (including phenoxy) is 1. The molecule has 0 aromatic carbocycles. The lowest BCUT2D eigenvalue weighted by Gasteiger charge is -2.33. The third kappa shape index (κ3) is 5.50. The number of hydrogen-bond donors (Lipinski definition) is 1. The molecule has 0 saturated carbocycles. The van der Waals surface area contributed by atoms with Crippen molar-refractivity contribution in [2.75, 3.05) is 40.0 Å². The van der Waals surface area contributed by atoms with E-state index in [9.17, 15) is 5.11 Å². The molecule has 0 aliphatic rings. The molecule has 0 unspecified atom stereocenters. The fourth-order valence-electron chi connectivity index (χ4n) is 1.76. The van der Waals surface area contributed by atoms with Crippen LogP contribution in [0, 0.1) is 5.41 Å². The highest BCUT2D eigenvalue weighted by molar-refractivity contribution is 4.78. The van der Waals surface area contributed by atoms with Crippen molar-refractivity contribution in [3.8, 4) is 0 Å². The predicted molar refractivity (Wildman–Crippen MR) is 64.1 cm³/mol. The van der Waals surface area contributed by atoms with Gasteiger partial charge in [-0.1, -0.05) is 13.8 Å². The second-order valence-corrected chi connectivity index (χ2v) is 4.30. The van der Waals surface area contributed by atoms with Crippen molar-refractivity contribution in [3.05, 3.63) is 0 Å². The third-order valence-corrected chi connectivity index (χ3v) is 3.26. The van der Waals surface area contributed by atoms with Crippen LogP contribution in [0.1, 0.15) is 33.6 Å². The first kappa shape index (κ1) is 14.9. The Morgan fingerprint density at radius 2 is 1.80 bits per heavy atom. The Morgan fingerprint density at radius 3 is 2.20 bits per heavy atom. The van der Waals surface area contributed by atoms with Gasteiger partial charge >= 0.3 is 0 Å². The molecule has 0 atom stereocenters. The monoisotopic (exact) mass is 217 g/mol. The van der Waals surface area contributed by atoms with Crippen LogP contribution in [0.5, 0.6) is 0 Å². The van der Waals surface area contributed by atoms with Gasteiger partial charge in [-0.15, -0.1) is 0 Å². The SMILES string of the molecule is CCOCCN(C)CC(CC)(CC)CO. The van der Waals surface area contributed by atoms with Gasteiger partial charge in [0.15, 0.2) is 0 Å². The molecular formula is C12H27NO2. The van der Waals surface area contributed by atoms with Gasteiger partial charge in [-0.3, -0.25) is 0 Å². The van der Waals surface area contributed by atoms with E-state index in [1.54, 1.807) is 0 Å². The molecule has 3 heteroatoms. The molecule has 0 saturated heterocycles. The average Bonchev–Trinajstić information content (AvgIpc) is 2.26. The molecule has 0 spiro atoms. The second-order valence-electron chi connectivity index (χ2n) is 4.30. The maximum atomic E-state index is 9.44. The molecule has 0 aliphatic carbocycles. The van der Waals surface area contributed by atoms with E-state index in [-0.39, 0.29) is 12.0 Å². The fraction of sp³-hybridized carbons (Fsp3) is 1.00. The Labute approximate surface area is 94.4 Å². The molecule has 3 nitrogen and oxygen atoms in total. The molecule has 0 heterocycles. The van der Waals surface area contributed by atoms with Crippen LogP contribution in [0.4, 0.5) is 0 Å². The Kier molecular flexibility index (Phi) is 8.02. The van der Waals surface area contributed by atoms with E-state index in [0.29, 0.717) is 0 Å². The number of hydrogen-bond acceptors (Lipinski definition) is 3. The molecule has 0 aliphatic heterocycles. The summed E-state index contributed by atoms with van der Waals surface area (Å²) in [5.41, 5.74) is 0.0704. The van der Waals surface area contributed by atoms with Crippen molar-refractivity contribution in [3.63, 3.8) is 0 Å². The molecule has 0 radical (unpaired) electrons. The first-order valence-corrected chi connectivity index (χ1v) is 6.01. The standard InChI is InChI=1S/C12H27NO2/c1-5-12(6-2,11-14)10-13(4)8-9-15-7-3/h14H,5-11H2,1-4H3. The van der Waals surface area contributed by atoms with Gasteiger partial charge in [-0.2, -0.15) is 0 Å². The number of aliphatic hydroxyl groups is 1. The fourth-order valence-corrected chi connectivity index (χ4v) is 1.76. The Balaban J connectivity index is 3.94. The highest BCUT2D eigenvalue weighted by Gasteiger charge is 2.26. The van der Waals surface area contributed by atoms with Crippen LogP contribution >= 0.6 is 0 Å². The molecule has 15 heavy (non-hydrogen) atoms. The quantitative estimate of drug-likeness (QED) is 0.597. The predicted octanol–water partition coefficient (Wildman–Crippen LogP) is 1.75. The summed E-state index contributed by atoms with van der Waals surface area (Å²) in [5, 5.41) is 9.44. The topological polar surface area (TPSA) is 32.7 Å². The van der Waals surface area contributed by atoms with Crippen LogP contribution in [-0.2, 0) is 4.74 Å². The van der Waals surface area contributed by atoms with E-state index >= 15 is 0 Å². The van der Waals surface area contributed by atoms with Crippen LogP contribution in [0.25, 0.3) is 0 Å². The van der Waals surface area contributed by atoms with Crippen molar-refractivity contribution in [1.29, 1.82) is 0 Å². The lowest BCUT2D eigenvalue weighted by Crippen LogP contribution is -2.39. The summed E-state index contributed by atoms with van der Waals surface area (Å²) >= 11 is 0. The first-order chi connectivity index (χ1) is 7.14. The lowest BCUT2D eigenvalue weighted by molar-refractivity contribution is 0.0580. The van der Waals surface area contributed by atoms with Crippen LogP contribution in [0.2, 0.25) is 0 Å². The zero-order valence-corrected chi connectivity index (χ0v) is 10.8. The van der Waals surface area contributed by atoms with E-state index in [4.69, 9.17) is 4.74 Å². The molecule has 0 aromatic rings. The maximum absolute atomic E-state index is 9.44. The van der Waals surface area contributed by atoms with E-state index in [2.05, 4.69) is 25.8 Å². The molecule has 1 N–H and O–H groups in total. The van der Waals surface area contributed by atoms with E-state index in [0.717, 1.165) is 39.1 Å². The molecule has 0 bridgehead atoms. The summed E-state index contributed by atoms with van der Waals surface area (Å²) in [7, 11) is 2.09. The van der Waals surface area contributed by atoms with E-state index in [1.165, 1.54) is 0 Å². The largest absolute Gasteiger partial charge is 0.396 e. The van der Waals surface area contributed by atoms with E-state index in [1.807, 2.05) is 6.92 Å². The third-order valence-electron chi connectivity index (χ3n) is 3.26. The lowest BCUT2D eigenvalue weighted by atomic mass is 9.83. The molecular weight excluding hydrogens is 190 g/mol. The van der Waals surface area contributed by atoms with Crippen molar-refractivity contribution < 1.29 is 9.84 Å². The smallest absolute Gasteiger partial charge is 0.0593 e. The second kappa shape index (κ2) is 8.08. The molecule has 0 aromatic heterocycles. The zero-order chi connectivity index (χ0) is 11.7. The van der Waals surface area contributed by atoms with Crippen LogP contribution in [-0.4, -0.2) is 50.0 Å². The van der Waals surface area contributed by atoms with Gasteiger partial charge in [-0.05, 0) is 26.8 Å². The first-order valence-electron chi connectivity index (χ1n) is 6.01. The van der Waals surface area contributed by atoms with Crippen molar-refractivity contribution in [1.82, 2.24) is 4.90 Å². The van der Waals surface area contributed by atoms with Gasteiger partial charge in [-0.25, -0.2) is 0 Å². The summed E-state index contributed by atoms with van der Waals surface area (Å²) in [5.74, 6) is 0. The summed E-state index contributed by atoms with van der Waals surface area (Å²) in [6.45, 7) is 10.0. The number of nitrogens with zero attached hydrogens (tertiary/aromatic N) is 1. The van der Waals surface area contributed by atoms with Crippen LogP contribution < -0.4 is 0 Å². The molecule has 0 fully saturated rings. The van der Waals surface area contributed by atoms with Gasteiger partial charge in [0.05, 0.1) is 6.61 Å². The van der Waals surface area contributed by atoms with Crippen molar-refractivity contribution in [2.45, 2.75) is 33.6 Å². The maximum Gasteiger partial charge on any atom is 0.0593 e.